The maximum absolute atomic E-state index is 12.1. The Morgan fingerprint density at radius 2 is 1.83 bits per heavy atom. The molecule has 0 bridgehead atoms. The molecule has 0 spiro atoms. The molecule has 2 rings (SSSR count). The van der Waals surface area contributed by atoms with Crippen molar-refractivity contribution in [3.8, 4) is 0 Å². The molecule has 0 heterocycles. The molecule has 0 saturated heterocycles. The monoisotopic (exact) mass is 318 g/mol. The molecule has 4 heteroatoms. The highest BCUT2D eigenvalue weighted by atomic mass is 16.5. The van der Waals surface area contributed by atoms with Crippen LogP contribution in [0, 0.1) is 0 Å². The molecule has 0 radical (unpaired) electrons. The Bertz CT molecular complexity index is 515. The molecule has 0 aromatic heterocycles. The zero-order valence-electron chi connectivity index (χ0n) is 13.8. The van der Waals surface area contributed by atoms with Gasteiger partial charge in [-0.15, -0.1) is 0 Å². The molecule has 4 nitrogen and oxygen atoms in total. The van der Waals surface area contributed by atoms with Crippen LogP contribution in [0.15, 0.2) is 24.3 Å². The number of hydrogen-bond acceptors (Lipinski definition) is 3. The van der Waals surface area contributed by atoms with Gasteiger partial charge >= 0.3 is 11.9 Å². The van der Waals surface area contributed by atoms with Crippen LogP contribution in [0.2, 0.25) is 0 Å². The average Bonchev–Trinajstić information content (AvgIpc) is 2.56. The normalized spacial score (nSPS) is 16.7. The number of carbonyl (C=O) groups is 2. The molecule has 23 heavy (non-hydrogen) atoms. The first kappa shape index (κ1) is 17.5. The van der Waals surface area contributed by atoms with Crippen molar-refractivity contribution < 1.29 is 19.4 Å². The smallest absolute Gasteiger partial charge is 0.313 e. The summed E-state index contributed by atoms with van der Waals surface area (Å²) in [4.78, 5) is 23.0. The van der Waals surface area contributed by atoms with Gasteiger partial charge in [-0.3, -0.25) is 9.59 Å². The Balaban J connectivity index is 2.10. The summed E-state index contributed by atoms with van der Waals surface area (Å²) in [5, 5.41) is 8.88. The van der Waals surface area contributed by atoms with Crippen molar-refractivity contribution in [3.05, 3.63) is 35.4 Å². The molecular weight excluding hydrogens is 292 g/mol. The number of ether oxygens (including phenoxy) is 1. The average molecular weight is 318 g/mol. The van der Waals surface area contributed by atoms with E-state index in [4.69, 9.17) is 9.84 Å². The first-order valence-corrected chi connectivity index (χ1v) is 8.60. The second-order valence-electron chi connectivity index (χ2n) is 6.24. The minimum Gasteiger partial charge on any atom is -0.481 e. The first-order valence-electron chi connectivity index (χ1n) is 8.60. The molecule has 1 aromatic carbocycles. The van der Waals surface area contributed by atoms with E-state index in [1.54, 1.807) is 6.92 Å². The van der Waals surface area contributed by atoms with Crippen LogP contribution in [0.5, 0.6) is 0 Å². The molecule has 1 aromatic rings. The van der Waals surface area contributed by atoms with E-state index in [2.05, 4.69) is 12.1 Å². The van der Waals surface area contributed by atoms with Crippen LogP contribution in [-0.2, 0) is 14.3 Å². The molecule has 1 unspecified atom stereocenters. The summed E-state index contributed by atoms with van der Waals surface area (Å²) < 4.78 is 5.11. The number of rotatable bonds is 7. The fourth-order valence-electron chi connectivity index (χ4n) is 3.37. The van der Waals surface area contributed by atoms with E-state index in [0.29, 0.717) is 12.5 Å². The van der Waals surface area contributed by atoms with E-state index in [0.717, 1.165) is 5.56 Å². The summed E-state index contributed by atoms with van der Waals surface area (Å²) in [6, 6.07) is 8.12. The number of carboxylic acid groups (broad SMARTS) is 1. The van der Waals surface area contributed by atoms with Gasteiger partial charge in [0, 0.05) is 6.42 Å². The number of benzene rings is 1. The Labute approximate surface area is 137 Å². The van der Waals surface area contributed by atoms with E-state index in [9.17, 15) is 9.59 Å². The van der Waals surface area contributed by atoms with Gasteiger partial charge in [0.25, 0.3) is 0 Å². The molecule has 1 aliphatic rings. The van der Waals surface area contributed by atoms with Gasteiger partial charge in [-0.2, -0.15) is 0 Å². The van der Waals surface area contributed by atoms with E-state index in [-0.39, 0.29) is 18.8 Å². The van der Waals surface area contributed by atoms with Gasteiger partial charge < -0.3 is 9.84 Å². The van der Waals surface area contributed by atoms with Crippen LogP contribution in [0.1, 0.15) is 74.8 Å². The van der Waals surface area contributed by atoms with Crippen molar-refractivity contribution in [3.63, 3.8) is 0 Å². The van der Waals surface area contributed by atoms with Gasteiger partial charge in [0.05, 0.1) is 12.5 Å². The van der Waals surface area contributed by atoms with E-state index >= 15 is 0 Å². The maximum Gasteiger partial charge on any atom is 0.313 e. The maximum atomic E-state index is 12.1. The van der Waals surface area contributed by atoms with Gasteiger partial charge in [-0.1, -0.05) is 43.5 Å². The second-order valence-corrected chi connectivity index (χ2v) is 6.24. The predicted molar refractivity (Wildman–Crippen MR) is 88.5 cm³/mol. The summed E-state index contributed by atoms with van der Waals surface area (Å²) >= 11 is 0. The van der Waals surface area contributed by atoms with E-state index < -0.39 is 11.9 Å². The van der Waals surface area contributed by atoms with Gasteiger partial charge in [0.15, 0.2) is 0 Å². The van der Waals surface area contributed by atoms with E-state index in [1.807, 2.05) is 12.1 Å². The van der Waals surface area contributed by atoms with Gasteiger partial charge in [0.2, 0.25) is 0 Å². The van der Waals surface area contributed by atoms with Crippen LogP contribution < -0.4 is 0 Å². The third kappa shape index (κ3) is 5.08. The van der Waals surface area contributed by atoms with Crippen molar-refractivity contribution in [1.82, 2.24) is 0 Å². The van der Waals surface area contributed by atoms with E-state index in [1.165, 1.54) is 37.7 Å². The van der Waals surface area contributed by atoms with Crippen LogP contribution in [0.4, 0.5) is 0 Å². The highest BCUT2D eigenvalue weighted by Gasteiger charge is 2.23. The molecule has 0 aliphatic heterocycles. The Hall–Kier alpha value is -1.84. The third-order valence-corrected chi connectivity index (χ3v) is 4.63. The Morgan fingerprint density at radius 3 is 2.39 bits per heavy atom. The summed E-state index contributed by atoms with van der Waals surface area (Å²) in [7, 11) is 0. The summed E-state index contributed by atoms with van der Waals surface area (Å²) in [6.07, 6.45) is 6.62. The molecular formula is C19H26O4. The lowest BCUT2D eigenvalue weighted by molar-refractivity contribution is -0.145. The van der Waals surface area contributed by atoms with Crippen LogP contribution in [0.25, 0.3) is 0 Å². The SMILES string of the molecule is CCOC(=O)C(CCC(=O)O)c1ccc(C2CCCCC2)cc1. The minimum absolute atomic E-state index is 0.0339. The van der Waals surface area contributed by atoms with Crippen molar-refractivity contribution in [2.75, 3.05) is 6.61 Å². The molecule has 126 valence electrons. The fourth-order valence-corrected chi connectivity index (χ4v) is 3.37. The lowest BCUT2D eigenvalue weighted by Gasteiger charge is -2.22. The number of carbonyl (C=O) groups excluding carboxylic acids is 1. The number of esters is 1. The Kier molecular flexibility index (Phi) is 6.63. The lowest BCUT2D eigenvalue weighted by Crippen LogP contribution is -2.17. The van der Waals surface area contributed by atoms with Gasteiger partial charge in [-0.25, -0.2) is 0 Å². The summed E-state index contributed by atoms with van der Waals surface area (Å²) in [6.45, 7) is 2.07. The lowest BCUT2D eigenvalue weighted by atomic mass is 9.83. The summed E-state index contributed by atoms with van der Waals surface area (Å²) in [5.74, 6) is -1.10. The van der Waals surface area contributed by atoms with Gasteiger partial charge in [-0.05, 0) is 43.2 Å². The highest BCUT2D eigenvalue weighted by Crippen LogP contribution is 2.33. The predicted octanol–water partition coefficient (Wildman–Crippen LogP) is 4.25. The van der Waals surface area contributed by atoms with Gasteiger partial charge in [0.1, 0.15) is 0 Å². The first-order chi connectivity index (χ1) is 11.1. The standard InChI is InChI=1S/C19H26O4/c1-2-23-19(22)17(12-13-18(20)21)16-10-8-15(9-11-16)14-6-4-3-5-7-14/h8-11,14,17H,2-7,12-13H2,1H3,(H,20,21). The number of hydrogen-bond donors (Lipinski definition) is 1. The zero-order chi connectivity index (χ0) is 16.7. The fraction of sp³-hybridized carbons (Fsp3) is 0.579. The topological polar surface area (TPSA) is 63.6 Å². The minimum atomic E-state index is -0.891. The van der Waals surface area contributed by atoms with Crippen LogP contribution in [0.3, 0.4) is 0 Å². The number of carboxylic acids is 1. The molecule has 1 N–H and O–H groups in total. The van der Waals surface area contributed by atoms with Crippen molar-refractivity contribution in [2.45, 2.75) is 63.7 Å². The highest BCUT2D eigenvalue weighted by molar-refractivity contribution is 5.79. The molecule has 1 saturated carbocycles. The number of aliphatic carboxylic acids is 1. The zero-order valence-corrected chi connectivity index (χ0v) is 13.8. The quantitative estimate of drug-likeness (QED) is 0.764. The molecule has 1 atom stereocenters. The molecule has 1 aliphatic carbocycles. The third-order valence-electron chi connectivity index (χ3n) is 4.63. The second kappa shape index (κ2) is 8.70. The van der Waals surface area contributed by atoms with Crippen LogP contribution >= 0.6 is 0 Å². The summed E-state index contributed by atoms with van der Waals surface area (Å²) in [5.41, 5.74) is 2.18. The van der Waals surface area contributed by atoms with Crippen LogP contribution in [-0.4, -0.2) is 23.7 Å². The van der Waals surface area contributed by atoms with Crippen molar-refractivity contribution >= 4 is 11.9 Å². The molecule has 0 amide bonds. The van der Waals surface area contributed by atoms with Crippen molar-refractivity contribution in [2.24, 2.45) is 0 Å². The largest absolute Gasteiger partial charge is 0.481 e. The van der Waals surface area contributed by atoms with Crippen molar-refractivity contribution in [1.29, 1.82) is 0 Å². The molecule has 1 fully saturated rings. The Morgan fingerprint density at radius 1 is 1.17 bits per heavy atom.